The number of allylic oxidation sites excluding steroid dienone is 3. The SMILES string of the molecule is C=C[C@@]1(C)CCC2=C(C1)C(=O)C[C@@H]1[C@](C)(C(=O)OC)CCC[C@@]21C. The molecule has 0 N–H and O–H groups in total. The van der Waals surface area contributed by atoms with E-state index in [9.17, 15) is 9.59 Å². The summed E-state index contributed by atoms with van der Waals surface area (Å²) in [5, 5.41) is 0. The molecule has 3 aliphatic rings. The fourth-order valence-electron chi connectivity index (χ4n) is 5.70. The Morgan fingerprint density at radius 3 is 2.58 bits per heavy atom. The summed E-state index contributed by atoms with van der Waals surface area (Å²) in [5.74, 6) is 0.157. The number of Topliss-reactive ketones (excluding diaryl/α,β-unsaturated/α-hetero) is 1. The van der Waals surface area contributed by atoms with Crippen LogP contribution >= 0.6 is 0 Å². The average molecular weight is 330 g/mol. The predicted octanol–water partition coefficient (Wildman–Crippen LogP) is 4.62. The molecule has 0 aromatic carbocycles. The van der Waals surface area contributed by atoms with Crippen molar-refractivity contribution in [2.45, 2.75) is 65.7 Å². The lowest BCUT2D eigenvalue weighted by atomic mass is 9.47. The van der Waals surface area contributed by atoms with Gasteiger partial charge >= 0.3 is 5.97 Å². The maximum Gasteiger partial charge on any atom is 0.311 e. The molecule has 24 heavy (non-hydrogen) atoms. The lowest BCUT2D eigenvalue weighted by Crippen LogP contribution is -2.53. The van der Waals surface area contributed by atoms with E-state index in [-0.39, 0.29) is 28.5 Å². The Bertz CT molecular complexity index is 631. The highest BCUT2D eigenvalue weighted by molar-refractivity contribution is 5.98. The quantitative estimate of drug-likeness (QED) is 0.548. The molecule has 3 rings (SSSR count). The smallest absolute Gasteiger partial charge is 0.311 e. The van der Waals surface area contributed by atoms with Crippen LogP contribution in [0.5, 0.6) is 0 Å². The van der Waals surface area contributed by atoms with Gasteiger partial charge in [0.15, 0.2) is 5.78 Å². The average Bonchev–Trinajstić information content (AvgIpc) is 2.56. The minimum atomic E-state index is -0.547. The lowest BCUT2D eigenvalue weighted by Gasteiger charge is -2.56. The summed E-state index contributed by atoms with van der Waals surface area (Å²) >= 11 is 0. The van der Waals surface area contributed by atoms with Gasteiger partial charge in [-0.1, -0.05) is 31.9 Å². The van der Waals surface area contributed by atoms with E-state index >= 15 is 0 Å². The Morgan fingerprint density at radius 2 is 1.96 bits per heavy atom. The topological polar surface area (TPSA) is 43.4 Å². The Labute approximate surface area is 145 Å². The first-order valence-electron chi connectivity index (χ1n) is 9.18. The molecule has 0 aromatic heterocycles. The molecular formula is C21H30O3. The number of esters is 1. The van der Waals surface area contributed by atoms with Crippen molar-refractivity contribution in [3.05, 3.63) is 23.8 Å². The largest absolute Gasteiger partial charge is 0.469 e. The molecule has 132 valence electrons. The van der Waals surface area contributed by atoms with E-state index in [1.807, 2.05) is 13.0 Å². The molecule has 0 radical (unpaired) electrons. The van der Waals surface area contributed by atoms with E-state index in [1.165, 1.54) is 12.7 Å². The third-order valence-corrected chi connectivity index (χ3v) is 7.38. The number of fused-ring (bicyclic) bond motifs is 2. The minimum absolute atomic E-state index is 0.0258. The second-order valence-corrected chi connectivity index (χ2v) is 8.85. The summed E-state index contributed by atoms with van der Waals surface area (Å²) in [6.45, 7) is 10.5. The highest BCUT2D eigenvalue weighted by Gasteiger charge is 2.58. The molecule has 0 aromatic rings. The van der Waals surface area contributed by atoms with Gasteiger partial charge in [-0.3, -0.25) is 9.59 Å². The van der Waals surface area contributed by atoms with Gasteiger partial charge in [0.25, 0.3) is 0 Å². The fraction of sp³-hybridized carbons (Fsp3) is 0.714. The van der Waals surface area contributed by atoms with E-state index in [1.54, 1.807) is 0 Å². The summed E-state index contributed by atoms with van der Waals surface area (Å²) in [6.07, 6.45) is 8.20. The van der Waals surface area contributed by atoms with Crippen molar-refractivity contribution < 1.29 is 14.3 Å². The maximum absolute atomic E-state index is 13.0. The van der Waals surface area contributed by atoms with Gasteiger partial charge in [-0.25, -0.2) is 0 Å². The molecule has 0 unspecified atom stereocenters. The molecule has 0 saturated heterocycles. The molecule has 3 aliphatic carbocycles. The number of rotatable bonds is 2. The maximum atomic E-state index is 13.0. The first-order chi connectivity index (χ1) is 11.2. The van der Waals surface area contributed by atoms with Crippen molar-refractivity contribution >= 4 is 11.8 Å². The molecule has 0 heterocycles. The van der Waals surface area contributed by atoms with Crippen LogP contribution < -0.4 is 0 Å². The Hall–Kier alpha value is -1.38. The van der Waals surface area contributed by atoms with Crippen molar-refractivity contribution in [1.29, 1.82) is 0 Å². The van der Waals surface area contributed by atoms with Gasteiger partial charge in [0.05, 0.1) is 12.5 Å². The van der Waals surface area contributed by atoms with Crippen LogP contribution in [0.1, 0.15) is 65.7 Å². The van der Waals surface area contributed by atoms with Crippen LogP contribution in [0.2, 0.25) is 0 Å². The third kappa shape index (κ3) is 2.31. The molecule has 1 saturated carbocycles. The van der Waals surface area contributed by atoms with Crippen LogP contribution in [0.25, 0.3) is 0 Å². The summed E-state index contributed by atoms with van der Waals surface area (Å²) in [5.41, 5.74) is 1.80. The van der Waals surface area contributed by atoms with E-state index in [2.05, 4.69) is 20.4 Å². The van der Waals surface area contributed by atoms with Crippen LogP contribution in [0, 0.1) is 22.2 Å². The second kappa shape index (κ2) is 5.57. The van der Waals surface area contributed by atoms with Crippen molar-refractivity contribution in [1.82, 2.24) is 0 Å². The van der Waals surface area contributed by atoms with Crippen LogP contribution in [0.4, 0.5) is 0 Å². The Morgan fingerprint density at radius 1 is 1.25 bits per heavy atom. The van der Waals surface area contributed by atoms with Crippen molar-refractivity contribution in [2.75, 3.05) is 7.11 Å². The molecular weight excluding hydrogens is 300 g/mol. The van der Waals surface area contributed by atoms with Gasteiger partial charge in [-0.15, -0.1) is 6.58 Å². The number of carbonyl (C=O) groups is 2. The second-order valence-electron chi connectivity index (χ2n) is 8.85. The molecule has 3 nitrogen and oxygen atoms in total. The zero-order chi connectivity index (χ0) is 17.8. The molecule has 1 fully saturated rings. The number of hydrogen-bond donors (Lipinski definition) is 0. The summed E-state index contributed by atoms with van der Waals surface area (Å²) in [4.78, 5) is 25.5. The monoisotopic (exact) mass is 330 g/mol. The minimum Gasteiger partial charge on any atom is -0.469 e. The van der Waals surface area contributed by atoms with Crippen molar-refractivity contribution in [2.24, 2.45) is 22.2 Å². The van der Waals surface area contributed by atoms with Gasteiger partial charge < -0.3 is 4.74 Å². The van der Waals surface area contributed by atoms with Gasteiger partial charge in [0.2, 0.25) is 0 Å². The molecule has 0 aliphatic heterocycles. The van der Waals surface area contributed by atoms with Crippen molar-refractivity contribution in [3.8, 4) is 0 Å². The van der Waals surface area contributed by atoms with Gasteiger partial charge in [-0.2, -0.15) is 0 Å². The summed E-state index contributed by atoms with van der Waals surface area (Å²) in [6, 6.07) is 0. The Balaban J connectivity index is 2.07. The van der Waals surface area contributed by atoms with Crippen LogP contribution in [0.15, 0.2) is 23.8 Å². The highest BCUT2D eigenvalue weighted by atomic mass is 16.5. The van der Waals surface area contributed by atoms with E-state index in [0.717, 1.165) is 44.1 Å². The molecule has 0 spiro atoms. The molecule has 3 heteroatoms. The number of methoxy groups -OCH3 is 1. The highest BCUT2D eigenvalue weighted by Crippen LogP contribution is 2.62. The normalized spacial score (nSPS) is 42.2. The first kappa shape index (κ1) is 17.4. The van der Waals surface area contributed by atoms with Crippen LogP contribution in [-0.4, -0.2) is 18.9 Å². The zero-order valence-corrected chi connectivity index (χ0v) is 15.5. The van der Waals surface area contributed by atoms with E-state index in [0.29, 0.717) is 6.42 Å². The van der Waals surface area contributed by atoms with E-state index < -0.39 is 5.41 Å². The molecule has 0 bridgehead atoms. The fourth-order valence-corrected chi connectivity index (χ4v) is 5.70. The standard InChI is InChI=1S/C21H30O3/c1-6-19(2)11-8-15-14(13-19)16(22)12-17-20(15,3)9-7-10-21(17,4)18(23)24-5/h6,17H,1,7-13H2,2-5H3/t17-,19-,20-,21+/m0/s1. The third-order valence-electron chi connectivity index (χ3n) is 7.38. The van der Waals surface area contributed by atoms with Gasteiger partial charge in [0.1, 0.15) is 0 Å². The number of carbonyl (C=O) groups excluding carboxylic acids is 2. The zero-order valence-electron chi connectivity index (χ0n) is 15.5. The first-order valence-corrected chi connectivity index (χ1v) is 9.18. The van der Waals surface area contributed by atoms with Crippen molar-refractivity contribution in [3.63, 3.8) is 0 Å². The Kier molecular flexibility index (Phi) is 4.05. The number of ether oxygens (including phenoxy) is 1. The number of hydrogen-bond acceptors (Lipinski definition) is 3. The van der Waals surface area contributed by atoms with Crippen LogP contribution in [0.3, 0.4) is 0 Å². The van der Waals surface area contributed by atoms with Gasteiger partial charge in [-0.05, 0) is 61.3 Å². The molecule has 4 atom stereocenters. The predicted molar refractivity (Wildman–Crippen MR) is 94.4 cm³/mol. The van der Waals surface area contributed by atoms with Gasteiger partial charge in [0, 0.05) is 6.42 Å². The summed E-state index contributed by atoms with van der Waals surface area (Å²) < 4.78 is 5.13. The van der Waals surface area contributed by atoms with Crippen LogP contribution in [-0.2, 0) is 14.3 Å². The van der Waals surface area contributed by atoms with E-state index in [4.69, 9.17) is 4.74 Å². The lowest BCUT2D eigenvalue weighted by molar-refractivity contribution is -0.163. The number of ketones is 1. The summed E-state index contributed by atoms with van der Waals surface area (Å²) in [7, 11) is 1.46. The molecule has 0 amide bonds.